The monoisotopic (exact) mass is 367 g/mol. The molecule has 24 heavy (non-hydrogen) atoms. The van der Waals surface area contributed by atoms with E-state index in [0.29, 0.717) is 22.1 Å². The number of para-hydroxylation sites is 1. The largest absolute Gasteiger partial charge is 0.495 e. The van der Waals surface area contributed by atoms with E-state index in [1.54, 1.807) is 30.3 Å². The standard InChI is InChI=1S/C15H14ClN3O4S/c1-23-12-7-6-9(8-10(12)16)17-15(20)14-18-11-4-2-3-5-13(11)24(21,22)19-14/h2-8,14,18-19H,1H3,(H,17,20). The number of methoxy groups -OCH3 is 1. The molecule has 0 saturated carbocycles. The van der Waals surface area contributed by atoms with Crippen molar-refractivity contribution in [1.29, 1.82) is 0 Å². The molecule has 1 amide bonds. The fraction of sp³-hybridized carbons (Fsp3) is 0.133. The van der Waals surface area contributed by atoms with E-state index in [1.165, 1.54) is 19.2 Å². The average Bonchev–Trinajstić information content (AvgIpc) is 2.54. The molecular formula is C15H14ClN3O4S. The summed E-state index contributed by atoms with van der Waals surface area (Å²) in [5.41, 5.74) is 0.787. The van der Waals surface area contributed by atoms with Gasteiger partial charge < -0.3 is 15.4 Å². The summed E-state index contributed by atoms with van der Waals surface area (Å²) < 4.78 is 31.8. The first-order valence-corrected chi connectivity index (χ1v) is 8.79. The number of carbonyl (C=O) groups is 1. The lowest BCUT2D eigenvalue weighted by molar-refractivity contribution is -0.117. The first-order valence-electron chi connectivity index (χ1n) is 6.93. The van der Waals surface area contributed by atoms with Gasteiger partial charge in [0.2, 0.25) is 10.0 Å². The van der Waals surface area contributed by atoms with Crippen LogP contribution in [0.2, 0.25) is 5.02 Å². The van der Waals surface area contributed by atoms with Crippen molar-refractivity contribution in [2.75, 3.05) is 17.7 Å². The van der Waals surface area contributed by atoms with E-state index in [2.05, 4.69) is 15.4 Å². The highest BCUT2D eigenvalue weighted by atomic mass is 35.5. The zero-order chi connectivity index (χ0) is 17.3. The molecule has 0 fully saturated rings. The lowest BCUT2D eigenvalue weighted by atomic mass is 10.2. The van der Waals surface area contributed by atoms with Crippen LogP contribution < -0.4 is 20.1 Å². The number of nitrogens with one attached hydrogen (secondary N) is 3. The summed E-state index contributed by atoms with van der Waals surface area (Å²) in [6.07, 6.45) is -1.13. The molecule has 2 aromatic rings. The number of amides is 1. The van der Waals surface area contributed by atoms with Crippen LogP contribution in [-0.2, 0) is 14.8 Å². The molecule has 3 N–H and O–H groups in total. The Kier molecular flexibility index (Phi) is 4.35. The second kappa shape index (κ2) is 6.31. The lowest BCUT2D eigenvalue weighted by Gasteiger charge is -2.27. The number of sulfonamides is 1. The van der Waals surface area contributed by atoms with Gasteiger partial charge in [-0.25, -0.2) is 8.42 Å². The topological polar surface area (TPSA) is 96.5 Å². The highest BCUT2D eigenvalue weighted by molar-refractivity contribution is 7.89. The second-order valence-electron chi connectivity index (χ2n) is 5.03. The summed E-state index contributed by atoms with van der Waals surface area (Å²) in [6.45, 7) is 0. The number of rotatable bonds is 3. The quantitative estimate of drug-likeness (QED) is 0.771. The van der Waals surface area contributed by atoms with Crippen LogP contribution in [-0.4, -0.2) is 27.6 Å². The van der Waals surface area contributed by atoms with Crippen molar-refractivity contribution in [3.05, 3.63) is 47.5 Å². The van der Waals surface area contributed by atoms with Gasteiger partial charge in [-0.1, -0.05) is 23.7 Å². The second-order valence-corrected chi connectivity index (χ2v) is 7.12. The van der Waals surface area contributed by atoms with Gasteiger partial charge in [0.05, 0.1) is 17.8 Å². The zero-order valence-electron chi connectivity index (χ0n) is 12.5. The number of carbonyl (C=O) groups excluding carboxylic acids is 1. The van der Waals surface area contributed by atoms with Crippen molar-refractivity contribution in [2.24, 2.45) is 0 Å². The summed E-state index contributed by atoms with van der Waals surface area (Å²) in [4.78, 5) is 12.5. The molecule has 1 unspecified atom stereocenters. The summed E-state index contributed by atoms with van der Waals surface area (Å²) >= 11 is 6.01. The maximum atomic E-state index is 12.4. The van der Waals surface area contributed by atoms with Crippen molar-refractivity contribution in [2.45, 2.75) is 11.1 Å². The van der Waals surface area contributed by atoms with Gasteiger partial charge in [-0.3, -0.25) is 4.79 Å². The molecule has 1 atom stereocenters. The molecule has 126 valence electrons. The third-order valence-corrected chi connectivity index (χ3v) is 5.21. The molecular weight excluding hydrogens is 354 g/mol. The van der Waals surface area contributed by atoms with Crippen molar-refractivity contribution < 1.29 is 17.9 Å². The van der Waals surface area contributed by atoms with E-state index in [1.807, 2.05) is 0 Å². The number of benzene rings is 2. The van der Waals surface area contributed by atoms with Crippen LogP contribution in [0.3, 0.4) is 0 Å². The first kappa shape index (κ1) is 16.6. The van der Waals surface area contributed by atoms with Gasteiger partial charge in [-0.15, -0.1) is 0 Å². The maximum Gasteiger partial charge on any atom is 0.262 e. The van der Waals surface area contributed by atoms with E-state index in [9.17, 15) is 13.2 Å². The Labute approximate surface area is 144 Å². The van der Waals surface area contributed by atoms with E-state index < -0.39 is 22.1 Å². The summed E-state index contributed by atoms with van der Waals surface area (Å²) in [6, 6.07) is 11.1. The molecule has 1 heterocycles. The molecule has 9 heteroatoms. The third kappa shape index (κ3) is 3.16. The highest BCUT2D eigenvalue weighted by Crippen LogP contribution is 2.28. The molecule has 0 saturated heterocycles. The maximum absolute atomic E-state index is 12.4. The van der Waals surface area contributed by atoms with Crippen LogP contribution in [0.1, 0.15) is 0 Å². The molecule has 3 rings (SSSR count). The van der Waals surface area contributed by atoms with Crippen LogP contribution in [0.15, 0.2) is 47.4 Å². The Morgan fingerprint density at radius 3 is 2.71 bits per heavy atom. The van der Waals surface area contributed by atoms with Gasteiger partial charge in [-0.05, 0) is 30.3 Å². The smallest absolute Gasteiger partial charge is 0.262 e. The number of hydrogen-bond donors (Lipinski definition) is 3. The fourth-order valence-corrected chi connectivity index (χ4v) is 3.84. The molecule has 0 radical (unpaired) electrons. The molecule has 0 spiro atoms. The molecule has 7 nitrogen and oxygen atoms in total. The van der Waals surface area contributed by atoms with Gasteiger partial charge in [-0.2, -0.15) is 4.72 Å². The fourth-order valence-electron chi connectivity index (χ4n) is 2.30. The van der Waals surface area contributed by atoms with E-state index in [4.69, 9.17) is 16.3 Å². The minimum absolute atomic E-state index is 0.0986. The number of hydrogen-bond acceptors (Lipinski definition) is 5. The van der Waals surface area contributed by atoms with Crippen LogP contribution in [0, 0.1) is 0 Å². The highest BCUT2D eigenvalue weighted by Gasteiger charge is 2.32. The van der Waals surface area contributed by atoms with E-state index in [-0.39, 0.29) is 4.90 Å². The van der Waals surface area contributed by atoms with Crippen molar-refractivity contribution in [3.63, 3.8) is 0 Å². The van der Waals surface area contributed by atoms with Crippen LogP contribution in [0.5, 0.6) is 5.75 Å². The number of halogens is 1. The Morgan fingerprint density at radius 1 is 1.25 bits per heavy atom. The molecule has 0 bridgehead atoms. The first-order chi connectivity index (χ1) is 11.4. The van der Waals surface area contributed by atoms with Gasteiger partial charge in [0.1, 0.15) is 10.6 Å². The summed E-state index contributed by atoms with van der Waals surface area (Å²) in [5.74, 6) is -0.0885. The van der Waals surface area contributed by atoms with E-state index in [0.717, 1.165) is 0 Å². The molecule has 1 aliphatic heterocycles. The number of anilines is 2. The van der Waals surface area contributed by atoms with Gasteiger partial charge in [0, 0.05) is 5.69 Å². The van der Waals surface area contributed by atoms with Crippen molar-refractivity contribution in [1.82, 2.24) is 4.72 Å². The van der Waals surface area contributed by atoms with Gasteiger partial charge >= 0.3 is 0 Å². The normalized spacial score (nSPS) is 18.2. The van der Waals surface area contributed by atoms with Crippen LogP contribution in [0.25, 0.3) is 0 Å². The Bertz CT molecular complexity index is 901. The van der Waals surface area contributed by atoms with Gasteiger partial charge in [0.15, 0.2) is 6.17 Å². The third-order valence-electron chi connectivity index (χ3n) is 3.43. The van der Waals surface area contributed by atoms with Crippen LogP contribution >= 0.6 is 11.6 Å². The molecule has 1 aliphatic rings. The predicted octanol–water partition coefficient (Wildman–Crippen LogP) is 2.02. The van der Waals surface area contributed by atoms with Crippen molar-refractivity contribution in [3.8, 4) is 5.75 Å². The Hall–Kier alpha value is -2.29. The minimum Gasteiger partial charge on any atom is -0.495 e. The summed E-state index contributed by atoms with van der Waals surface area (Å²) in [5, 5.41) is 5.79. The van der Waals surface area contributed by atoms with E-state index >= 15 is 0 Å². The molecule has 0 aliphatic carbocycles. The number of fused-ring (bicyclic) bond motifs is 1. The SMILES string of the molecule is COc1ccc(NC(=O)C2Nc3ccccc3S(=O)(=O)N2)cc1Cl. The number of ether oxygens (including phenoxy) is 1. The average molecular weight is 368 g/mol. The lowest BCUT2D eigenvalue weighted by Crippen LogP contribution is -2.51. The van der Waals surface area contributed by atoms with Crippen LogP contribution in [0.4, 0.5) is 11.4 Å². The minimum atomic E-state index is -3.77. The molecule has 2 aromatic carbocycles. The predicted molar refractivity (Wildman–Crippen MR) is 90.8 cm³/mol. The Balaban J connectivity index is 1.81. The summed E-state index contributed by atoms with van der Waals surface area (Å²) in [7, 11) is -2.28. The molecule has 0 aromatic heterocycles. The van der Waals surface area contributed by atoms with Crippen molar-refractivity contribution >= 4 is 38.9 Å². The Morgan fingerprint density at radius 2 is 2.00 bits per heavy atom. The zero-order valence-corrected chi connectivity index (χ0v) is 14.1. The van der Waals surface area contributed by atoms with Gasteiger partial charge in [0.25, 0.3) is 5.91 Å².